The molecule has 2 saturated heterocycles. The molecule has 2 heterocycles. The molecule has 1 amide bonds. The summed E-state index contributed by atoms with van der Waals surface area (Å²) in [6.07, 6.45) is 4.60. The number of hydrogen-bond acceptors (Lipinski definition) is 2. The van der Waals surface area contributed by atoms with Crippen LogP contribution in [0.2, 0.25) is 0 Å². The Labute approximate surface area is 92.2 Å². The highest BCUT2D eigenvalue weighted by atomic mass is 16.2. The van der Waals surface area contributed by atoms with E-state index in [2.05, 4.69) is 24.1 Å². The first kappa shape index (κ1) is 10.9. The van der Waals surface area contributed by atoms with E-state index in [1.165, 1.54) is 12.8 Å². The average Bonchev–Trinajstić information content (AvgIpc) is 2.74. The molecule has 0 aromatic carbocycles. The molecular formula is C12H22N2O. The highest BCUT2D eigenvalue weighted by Gasteiger charge is 2.32. The molecule has 2 aliphatic rings. The second-order valence-corrected chi connectivity index (χ2v) is 5.17. The molecule has 2 rings (SSSR count). The molecule has 0 bridgehead atoms. The smallest absolute Gasteiger partial charge is 0.239 e. The number of nitrogens with zero attached hydrogens (tertiary/aromatic N) is 1. The third-order valence-electron chi connectivity index (χ3n) is 3.76. The lowest BCUT2D eigenvalue weighted by molar-refractivity contribution is -0.137. The van der Waals surface area contributed by atoms with Crippen LogP contribution in [0.25, 0.3) is 0 Å². The molecule has 15 heavy (non-hydrogen) atoms. The average molecular weight is 210 g/mol. The molecular weight excluding hydrogens is 188 g/mol. The van der Waals surface area contributed by atoms with E-state index >= 15 is 0 Å². The maximum atomic E-state index is 12.2. The normalized spacial score (nSPS) is 36.9. The lowest BCUT2D eigenvalue weighted by Crippen LogP contribution is -2.51. The SMILES string of the molecule is CC1CCC(C)N(C(=O)[C@@H]2CCCN2)C1. The van der Waals surface area contributed by atoms with Crippen LogP contribution in [0.4, 0.5) is 0 Å². The molecule has 0 aliphatic carbocycles. The lowest BCUT2D eigenvalue weighted by atomic mass is 9.94. The van der Waals surface area contributed by atoms with Crippen LogP contribution in [-0.2, 0) is 4.79 Å². The quantitative estimate of drug-likeness (QED) is 0.709. The van der Waals surface area contributed by atoms with Crippen molar-refractivity contribution in [3.05, 3.63) is 0 Å². The van der Waals surface area contributed by atoms with Crippen LogP contribution in [0, 0.1) is 5.92 Å². The van der Waals surface area contributed by atoms with E-state index in [0.717, 1.165) is 25.9 Å². The van der Waals surface area contributed by atoms with Gasteiger partial charge in [-0.2, -0.15) is 0 Å². The highest BCUT2D eigenvalue weighted by molar-refractivity contribution is 5.82. The van der Waals surface area contributed by atoms with Gasteiger partial charge in [0.25, 0.3) is 0 Å². The van der Waals surface area contributed by atoms with Crippen LogP contribution in [0.1, 0.15) is 39.5 Å². The summed E-state index contributed by atoms with van der Waals surface area (Å²) in [5.74, 6) is 1.01. The summed E-state index contributed by atoms with van der Waals surface area (Å²) in [5, 5.41) is 3.30. The molecule has 3 heteroatoms. The van der Waals surface area contributed by atoms with Crippen molar-refractivity contribution in [2.24, 2.45) is 5.92 Å². The van der Waals surface area contributed by atoms with Crippen molar-refractivity contribution in [2.45, 2.75) is 51.6 Å². The third kappa shape index (κ3) is 2.33. The molecule has 0 radical (unpaired) electrons. The van der Waals surface area contributed by atoms with Gasteiger partial charge in [0.2, 0.25) is 5.91 Å². The van der Waals surface area contributed by atoms with Crippen LogP contribution in [0.15, 0.2) is 0 Å². The number of carbonyl (C=O) groups is 1. The molecule has 2 unspecified atom stereocenters. The summed E-state index contributed by atoms with van der Waals surface area (Å²) in [6, 6.07) is 0.550. The Kier molecular flexibility index (Phi) is 3.29. The molecule has 3 nitrogen and oxygen atoms in total. The monoisotopic (exact) mass is 210 g/mol. The van der Waals surface area contributed by atoms with E-state index in [-0.39, 0.29) is 6.04 Å². The summed E-state index contributed by atoms with van der Waals surface area (Å²) in [5.41, 5.74) is 0. The number of likely N-dealkylation sites (tertiary alicyclic amines) is 1. The Morgan fingerprint density at radius 2 is 2.07 bits per heavy atom. The molecule has 86 valence electrons. The van der Waals surface area contributed by atoms with Crippen LogP contribution in [0.5, 0.6) is 0 Å². The Balaban J connectivity index is 1.97. The first-order valence-electron chi connectivity index (χ1n) is 6.22. The molecule has 1 N–H and O–H groups in total. The number of nitrogens with one attached hydrogen (secondary N) is 1. The van der Waals surface area contributed by atoms with Crippen molar-refractivity contribution in [2.75, 3.05) is 13.1 Å². The second kappa shape index (κ2) is 4.52. The molecule has 0 aromatic rings. The summed E-state index contributed by atoms with van der Waals surface area (Å²) in [7, 11) is 0. The maximum absolute atomic E-state index is 12.2. The molecule has 2 aliphatic heterocycles. The number of amides is 1. The van der Waals surface area contributed by atoms with Crippen molar-refractivity contribution in [3.8, 4) is 0 Å². The highest BCUT2D eigenvalue weighted by Crippen LogP contribution is 2.23. The van der Waals surface area contributed by atoms with E-state index in [1.54, 1.807) is 0 Å². The first-order chi connectivity index (χ1) is 7.18. The minimum absolute atomic E-state index is 0.109. The van der Waals surface area contributed by atoms with E-state index in [9.17, 15) is 4.79 Å². The summed E-state index contributed by atoms with van der Waals surface area (Å²) >= 11 is 0. The fourth-order valence-corrected chi connectivity index (χ4v) is 2.69. The third-order valence-corrected chi connectivity index (χ3v) is 3.76. The standard InChI is InChI=1S/C12H22N2O/c1-9-5-6-10(2)14(8-9)12(15)11-4-3-7-13-11/h9-11,13H,3-8H2,1-2H3/t9?,10?,11-/m0/s1. The molecule has 0 aromatic heterocycles. The van der Waals surface area contributed by atoms with Crippen LogP contribution < -0.4 is 5.32 Å². The van der Waals surface area contributed by atoms with Crippen molar-refractivity contribution >= 4 is 5.91 Å². The van der Waals surface area contributed by atoms with Crippen LogP contribution >= 0.6 is 0 Å². The first-order valence-corrected chi connectivity index (χ1v) is 6.22. The fraction of sp³-hybridized carbons (Fsp3) is 0.917. The van der Waals surface area contributed by atoms with E-state index in [4.69, 9.17) is 0 Å². The largest absolute Gasteiger partial charge is 0.338 e. The van der Waals surface area contributed by atoms with Crippen LogP contribution in [0.3, 0.4) is 0 Å². The zero-order valence-corrected chi connectivity index (χ0v) is 9.83. The summed E-state index contributed by atoms with van der Waals surface area (Å²) in [6.45, 7) is 6.39. The Bertz CT molecular complexity index is 236. The topological polar surface area (TPSA) is 32.3 Å². The van der Waals surface area contributed by atoms with E-state index < -0.39 is 0 Å². The van der Waals surface area contributed by atoms with Crippen LogP contribution in [-0.4, -0.2) is 36.0 Å². The minimum Gasteiger partial charge on any atom is -0.338 e. The van der Waals surface area contributed by atoms with Gasteiger partial charge in [-0.15, -0.1) is 0 Å². The molecule has 2 fully saturated rings. The molecule has 0 spiro atoms. The van der Waals surface area contributed by atoms with Gasteiger partial charge in [-0.3, -0.25) is 4.79 Å². The Hall–Kier alpha value is -0.570. The van der Waals surface area contributed by atoms with E-state index in [1.807, 2.05) is 0 Å². The van der Waals surface area contributed by atoms with Gasteiger partial charge in [0.1, 0.15) is 0 Å². The van der Waals surface area contributed by atoms with Gasteiger partial charge in [-0.05, 0) is 45.1 Å². The fourth-order valence-electron chi connectivity index (χ4n) is 2.69. The molecule has 3 atom stereocenters. The van der Waals surface area contributed by atoms with Crippen molar-refractivity contribution < 1.29 is 4.79 Å². The van der Waals surface area contributed by atoms with Gasteiger partial charge in [-0.25, -0.2) is 0 Å². The van der Waals surface area contributed by atoms with Gasteiger partial charge >= 0.3 is 0 Å². The van der Waals surface area contributed by atoms with Gasteiger partial charge in [0.05, 0.1) is 6.04 Å². The van der Waals surface area contributed by atoms with Gasteiger partial charge < -0.3 is 10.2 Å². The number of carbonyl (C=O) groups excluding carboxylic acids is 1. The van der Waals surface area contributed by atoms with Gasteiger partial charge in [-0.1, -0.05) is 6.92 Å². The maximum Gasteiger partial charge on any atom is 0.239 e. The van der Waals surface area contributed by atoms with Crippen molar-refractivity contribution in [3.63, 3.8) is 0 Å². The Morgan fingerprint density at radius 1 is 1.27 bits per heavy atom. The van der Waals surface area contributed by atoms with Crippen molar-refractivity contribution in [1.82, 2.24) is 10.2 Å². The predicted molar refractivity (Wildman–Crippen MR) is 60.6 cm³/mol. The second-order valence-electron chi connectivity index (χ2n) is 5.17. The minimum atomic E-state index is 0.109. The number of piperidine rings is 1. The predicted octanol–water partition coefficient (Wildman–Crippen LogP) is 1.39. The molecule has 0 saturated carbocycles. The number of rotatable bonds is 1. The van der Waals surface area contributed by atoms with Gasteiger partial charge in [0.15, 0.2) is 0 Å². The lowest BCUT2D eigenvalue weighted by Gasteiger charge is -2.38. The zero-order chi connectivity index (χ0) is 10.8. The van der Waals surface area contributed by atoms with Gasteiger partial charge in [0, 0.05) is 12.6 Å². The summed E-state index contributed by atoms with van der Waals surface area (Å²) in [4.78, 5) is 14.3. The van der Waals surface area contributed by atoms with E-state index in [0.29, 0.717) is 17.9 Å². The zero-order valence-electron chi connectivity index (χ0n) is 9.83. The Morgan fingerprint density at radius 3 is 2.73 bits per heavy atom. The summed E-state index contributed by atoms with van der Waals surface area (Å²) < 4.78 is 0. The number of hydrogen-bond donors (Lipinski definition) is 1. The van der Waals surface area contributed by atoms with Crippen molar-refractivity contribution in [1.29, 1.82) is 0 Å².